The SMILES string of the molecule is CCC[C@@H](CC(=O)NCC(C(=O)O)C1CCC1)NC(=O)OCC1c2ccccc2-c2ccccc21. The first-order valence-corrected chi connectivity index (χ1v) is 12.6. The zero-order valence-electron chi connectivity index (χ0n) is 20.2. The van der Waals surface area contributed by atoms with Crippen LogP contribution in [0.25, 0.3) is 11.1 Å². The molecule has 2 aromatic rings. The second-order valence-electron chi connectivity index (χ2n) is 9.60. The van der Waals surface area contributed by atoms with Gasteiger partial charge < -0.3 is 20.5 Å². The van der Waals surface area contributed by atoms with Gasteiger partial charge in [-0.15, -0.1) is 0 Å². The Morgan fingerprint density at radius 3 is 2.20 bits per heavy atom. The number of hydrogen-bond donors (Lipinski definition) is 3. The van der Waals surface area contributed by atoms with E-state index in [-0.39, 0.29) is 43.4 Å². The first kappa shape index (κ1) is 24.8. The number of carbonyl (C=O) groups excluding carboxylic acids is 2. The molecule has 1 saturated carbocycles. The molecule has 2 aliphatic carbocycles. The van der Waals surface area contributed by atoms with E-state index >= 15 is 0 Å². The van der Waals surface area contributed by atoms with Crippen LogP contribution in [0.3, 0.4) is 0 Å². The number of rotatable bonds is 11. The molecule has 7 heteroatoms. The fraction of sp³-hybridized carbons (Fsp3) is 0.464. The summed E-state index contributed by atoms with van der Waals surface area (Å²) >= 11 is 0. The molecular weight excluding hydrogens is 444 g/mol. The highest BCUT2D eigenvalue weighted by atomic mass is 16.5. The van der Waals surface area contributed by atoms with E-state index in [1.54, 1.807) is 0 Å². The summed E-state index contributed by atoms with van der Waals surface area (Å²) in [5.74, 6) is -1.56. The Kier molecular flexibility index (Phi) is 8.06. The molecule has 0 radical (unpaired) electrons. The number of carbonyl (C=O) groups is 3. The van der Waals surface area contributed by atoms with E-state index in [4.69, 9.17) is 4.74 Å². The molecule has 0 heterocycles. The maximum Gasteiger partial charge on any atom is 0.407 e. The standard InChI is InChI=1S/C28H34N2O5/c1-2-8-19(15-26(31)29-16-24(27(32)33)18-9-7-10-18)30-28(34)35-17-25-22-13-5-3-11-20(22)21-12-4-6-14-23(21)25/h3-6,11-14,18-19,24-25H,2,7-10,15-17H2,1H3,(H,29,31)(H,30,34)(H,32,33)/t19-,24?/m0/s1. The third-order valence-corrected chi connectivity index (χ3v) is 7.29. The number of alkyl carbamates (subject to hydrolysis) is 1. The topological polar surface area (TPSA) is 105 Å². The molecule has 1 fully saturated rings. The molecule has 0 bridgehead atoms. The van der Waals surface area contributed by atoms with Gasteiger partial charge >= 0.3 is 12.1 Å². The Balaban J connectivity index is 1.30. The Morgan fingerprint density at radius 1 is 1.03 bits per heavy atom. The highest BCUT2D eigenvalue weighted by molar-refractivity contribution is 5.80. The van der Waals surface area contributed by atoms with Crippen molar-refractivity contribution in [2.45, 2.75) is 57.4 Å². The van der Waals surface area contributed by atoms with Crippen LogP contribution in [0.15, 0.2) is 48.5 Å². The van der Waals surface area contributed by atoms with Gasteiger partial charge in [-0.05, 0) is 47.4 Å². The Labute approximate surface area is 206 Å². The lowest BCUT2D eigenvalue weighted by atomic mass is 9.76. The predicted octanol–water partition coefficient (Wildman–Crippen LogP) is 4.70. The summed E-state index contributed by atoms with van der Waals surface area (Å²) < 4.78 is 5.62. The highest BCUT2D eigenvalue weighted by Crippen LogP contribution is 2.44. The minimum absolute atomic E-state index is 0.0273. The Morgan fingerprint density at radius 2 is 1.66 bits per heavy atom. The summed E-state index contributed by atoms with van der Waals surface area (Å²) in [5.41, 5.74) is 4.62. The number of ether oxygens (including phenoxy) is 1. The lowest BCUT2D eigenvalue weighted by molar-refractivity contribution is -0.144. The van der Waals surface area contributed by atoms with E-state index in [9.17, 15) is 19.5 Å². The van der Waals surface area contributed by atoms with Gasteiger partial charge in [0.15, 0.2) is 0 Å². The van der Waals surface area contributed by atoms with Gasteiger partial charge in [0.2, 0.25) is 5.91 Å². The third kappa shape index (κ3) is 5.84. The van der Waals surface area contributed by atoms with Gasteiger partial charge in [0.05, 0.1) is 5.92 Å². The van der Waals surface area contributed by atoms with Gasteiger partial charge in [-0.3, -0.25) is 9.59 Å². The zero-order valence-corrected chi connectivity index (χ0v) is 20.2. The smallest absolute Gasteiger partial charge is 0.407 e. The third-order valence-electron chi connectivity index (χ3n) is 7.29. The molecule has 186 valence electrons. The number of benzene rings is 2. The lowest BCUT2D eigenvalue weighted by Crippen LogP contribution is -2.43. The maximum absolute atomic E-state index is 12.6. The maximum atomic E-state index is 12.6. The quantitative estimate of drug-likeness (QED) is 0.434. The number of carboxylic acids is 1. The van der Waals surface area contributed by atoms with Gasteiger partial charge in [-0.25, -0.2) is 4.79 Å². The van der Waals surface area contributed by atoms with Crippen LogP contribution < -0.4 is 10.6 Å². The van der Waals surface area contributed by atoms with Crippen LogP contribution >= 0.6 is 0 Å². The molecule has 35 heavy (non-hydrogen) atoms. The molecule has 2 aromatic carbocycles. The monoisotopic (exact) mass is 478 g/mol. The lowest BCUT2D eigenvalue weighted by Gasteiger charge is -2.31. The summed E-state index contributed by atoms with van der Waals surface area (Å²) in [6.45, 7) is 2.33. The van der Waals surface area contributed by atoms with Crippen LogP contribution in [0.5, 0.6) is 0 Å². The average molecular weight is 479 g/mol. The summed E-state index contributed by atoms with van der Waals surface area (Å²) in [6, 6.07) is 15.9. The van der Waals surface area contributed by atoms with Crippen LogP contribution in [-0.2, 0) is 14.3 Å². The van der Waals surface area contributed by atoms with Crippen molar-refractivity contribution < 1.29 is 24.2 Å². The minimum atomic E-state index is -0.864. The molecule has 7 nitrogen and oxygen atoms in total. The van der Waals surface area contributed by atoms with E-state index in [0.29, 0.717) is 6.42 Å². The fourth-order valence-electron chi connectivity index (χ4n) is 5.20. The first-order chi connectivity index (χ1) is 17.0. The molecule has 0 spiro atoms. The van der Waals surface area contributed by atoms with Crippen molar-refractivity contribution in [3.05, 3.63) is 59.7 Å². The number of amides is 2. The van der Waals surface area contributed by atoms with Crippen LogP contribution in [0.1, 0.15) is 62.5 Å². The number of aliphatic carboxylic acids is 1. The van der Waals surface area contributed by atoms with Crippen molar-refractivity contribution in [1.82, 2.24) is 10.6 Å². The van der Waals surface area contributed by atoms with Crippen molar-refractivity contribution in [2.24, 2.45) is 11.8 Å². The normalized spacial score (nSPS) is 16.4. The zero-order chi connectivity index (χ0) is 24.8. The molecule has 0 aliphatic heterocycles. The molecule has 0 saturated heterocycles. The van der Waals surface area contributed by atoms with Crippen LogP contribution in [-0.4, -0.2) is 42.3 Å². The fourth-order valence-corrected chi connectivity index (χ4v) is 5.20. The van der Waals surface area contributed by atoms with E-state index in [0.717, 1.165) is 36.8 Å². The molecule has 1 unspecified atom stereocenters. The second kappa shape index (κ2) is 11.4. The largest absolute Gasteiger partial charge is 0.481 e. The summed E-state index contributed by atoms with van der Waals surface area (Å²) in [4.78, 5) is 36.7. The van der Waals surface area contributed by atoms with Gasteiger partial charge in [-0.2, -0.15) is 0 Å². The molecule has 2 atom stereocenters. The number of nitrogens with one attached hydrogen (secondary N) is 2. The first-order valence-electron chi connectivity index (χ1n) is 12.6. The molecule has 2 aliphatic rings. The molecular formula is C28H34N2O5. The van der Waals surface area contributed by atoms with Crippen LogP contribution in [0.4, 0.5) is 4.79 Å². The number of hydrogen-bond acceptors (Lipinski definition) is 4. The summed E-state index contributed by atoms with van der Waals surface area (Å²) in [6.07, 6.45) is 3.81. The van der Waals surface area contributed by atoms with Crippen molar-refractivity contribution in [3.63, 3.8) is 0 Å². The van der Waals surface area contributed by atoms with Crippen molar-refractivity contribution in [2.75, 3.05) is 13.2 Å². The highest BCUT2D eigenvalue weighted by Gasteiger charge is 2.33. The van der Waals surface area contributed by atoms with Crippen LogP contribution in [0.2, 0.25) is 0 Å². The second-order valence-corrected chi connectivity index (χ2v) is 9.60. The van der Waals surface area contributed by atoms with Crippen molar-refractivity contribution >= 4 is 18.0 Å². The molecule has 0 aromatic heterocycles. The minimum Gasteiger partial charge on any atom is -0.481 e. The van der Waals surface area contributed by atoms with Gasteiger partial charge in [0.25, 0.3) is 0 Å². The van der Waals surface area contributed by atoms with E-state index in [2.05, 4.69) is 34.9 Å². The summed E-state index contributed by atoms with van der Waals surface area (Å²) in [7, 11) is 0. The number of carboxylic acid groups (broad SMARTS) is 1. The summed E-state index contributed by atoms with van der Waals surface area (Å²) in [5, 5.41) is 15.1. The number of fused-ring (bicyclic) bond motifs is 3. The Hall–Kier alpha value is -3.35. The molecule has 3 N–H and O–H groups in total. The molecule has 4 rings (SSSR count). The van der Waals surface area contributed by atoms with E-state index < -0.39 is 18.0 Å². The van der Waals surface area contributed by atoms with Crippen molar-refractivity contribution in [3.8, 4) is 11.1 Å². The van der Waals surface area contributed by atoms with Gasteiger partial charge in [0, 0.05) is 24.9 Å². The predicted molar refractivity (Wildman–Crippen MR) is 133 cm³/mol. The van der Waals surface area contributed by atoms with Crippen molar-refractivity contribution in [1.29, 1.82) is 0 Å². The van der Waals surface area contributed by atoms with E-state index in [1.165, 1.54) is 11.1 Å². The average Bonchev–Trinajstić information content (AvgIpc) is 3.13. The van der Waals surface area contributed by atoms with Crippen LogP contribution in [0, 0.1) is 11.8 Å². The van der Waals surface area contributed by atoms with Gasteiger partial charge in [0.1, 0.15) is 6.61 Å². The Bertz CT molecular complexity index is 1020. The van der Waals surface area contributed by atoms with Gasteiger partial charge in [-0.1, -0.05) is 68.3 Å². The van der Waals surface area contributed by atoms with E-state index in [1.807, 2.05) is 31.2 Å². The molecule has 2 amide bonds.